The zero-order chi connectivity index (χ0) is 14.3. The Bertz CT molecular complexity index is 507. The van der Waals surface area contributed by atoms with Crippen molar-refractivity contribution in [2.45, 2.75) is 25.7 Å². The summed E-state index contributed by atoms with van der Waals surface area (Å²) in [5, 5.41) is 13.3. The summed E-state index contributed by atoms with van der Waals surface area (Å²) in [6.45, 7) is 0.543. The van der Waals surface area contributed by atoms with Gasteiger partial charge in [0, 0.05) is 6.54 Å². The van der Waals surface area contributed by atoms with Gasteiger partial charge in [-0.3, -0.25) is 10.1 Å². The van der Waals surface area contributed by atoms with Gasteiger partial charge in [0.15, 0.2) is 11.6 Å². The number of hydrogen-bond donors (Lipinski definition) is 1. The number of halogens is 2. The number of nitrogens with one attached hydrogen (secondary N) is 1. The van der Waals surface area contributed by atoms with E-state index in [1.54, 1.807) is 0 Å². The second-order valence-corrected chi connectivity index (χ2v) is 5.76. The molecule has 2 fully saturated rings. The zero-order valence-corrected chi connectivity index (χ0v) is 10.9. The first-order chi connectivity index (χ1) is 9.56. The van der Waals surface area contributed by atoms with Crippen molar-refractivity contribution in [3.05, 3.63) is 33.9 Å². The van der Waals surface area contributed by atoms with E-state index in [4.69, 9.17) is 0 Å². The molecule has 0 bridgehead atoms. The summed E-state index contributed by atoms with van der Waals surface area (Å²) >= 11 is 0. The Balaban J connectivity index is 1.71. The van der Waals surface area contributed by atoms with Crippen molar-refractivity contribution in [2.24, 2.45) is 17.8 Å². The topological polar surface area (TPSA) is 55.2 Å². The largest absolute Gasteiger partial charge is 0.380 e. The van der Waals surface area contributed by atoms with Gasteiger partial charge in [-0.15, -0.1) is 0 Å². The molecule has 1 aromatic rings. The molecule has 20 heavy (non-hydrogen) atoms. The van der Waals surface area contributed by atoms with Gasteiger partial charge < -0.3 is 5.32 Å². The van der Waals surface area contributed by atoms with Crippen LogP contribution in [0.15, 0.2) is 12.1 Å². The minimum atomic E-state index is -0.901. The summed E-state index contributed by atoms with van der Waals surface area (Å²) in [6, 6.07) is 1.52. The molecular formula is C14H16F2N2O2. The third-order valence-corrected chi connectivity index (χ3v) is 4.21. The van der Waals surface area contributed by atoms with Gasteiger partial charge in [0.05, 0.1) is 17.1 Å². The summed E-state index contributed by atoms with van der Waals surface area (Å²) < 4.78 is 27.5. The first kappa shape index (κ1) is 13.3. The number of hydrogen-bond acceptors (Lipinski definition) is 3. The lowest BCUT2D eigenvalue weighted by molar-refractivity contribution is -0.385. The summed E-state index contributed by atoms with van der Waals surface area (Å²) in [4.78, 5) is 9.73. The maximum Gasteiger partial charge on any atom is 0.275 e. The van der Waals surface area contributed by atoms with E-state index in [1.807, 2.05) is 0 Å². The van der Waals surface area contributed by atoms with Gasteiger partial charge in [-0.05, 0) is 43.4 Å². The molecule has 0 radical (unpaired) electrons. The van der Waals surface area contributed by atoms with Gasteiger partial charge in [-0.25, -0.2) is 8.78 Å². The molecule has 0 atom stereocenters. The number of rotatable bonds is 6. The van der Waals surface area contributed by atoms with Gasteiger partial charge in [-0.2, -0.15) is 0 Å². The smallest absolute Gasteiger partial charge is 0.275 e. The van der Waals surface area contributed by atoms with E-state index in [2.05, 4.69) is 5.32 Å². The maximum atomic E-state index is 13.7. The van der Waals surface area contributed by atoms with E-state index in [1.165, 1.54) is 25.7 Å². The quantitative estimate of drug-likeness (QED) is 0.639. The number of non-ortho nitro benzene ring substituents is 1. The van der Waals surface area contributed by atoms with Crippen molar-refractivity contribution in [3.8, 4) is 0 Å². The Morgan fingerprint density at radius 1 is 1.20 bits per heavy atom. The second kappa shape index (κ2) is 5.00. The van der Waals surface area contributed by atoms with Crippen LogP contribution in [0.3, 0.4) is 0 Å². The number of nitro groups is 1. The van der Waals surface area contributed by atoms with Crippen molar-refractivity contribution in [2.75, 3.05) is 11.9 Å². The number of nitro benzene ring substituents is 1. The molecule has 0 amide bonds. The zero-order valence-electron chi connectivity index (χ0n) is 10.9. The predicted molar refractivity (Wildman–Crippen MR) is 70.4 cm³/mol. The number of anilines is 1. The Hall–Kier alpha value is -1.72. The fourth-order valence-electron chi connectivity index (χ4n) is 2.82. The van der Waals surface area contributed by atoms with Gasteiger partial charge in [0.2, 0.25) is 0 Å². The van der Waals surface area contributed by atoms with Crippen LogP contribution in [0.25, 0.3) is 0 Å². The predicted octanol–water partition coefficient (Wildman–Crippen LogP) is 3.72. The fraction of sp³-hybridized carbons (Fsp3) is 0.571. The summed E-state index contributed by atoms with van der Waals surface area (Å²) in [5.41, 5.74) is -0.812. The highest BCUT2D eigenvalue weighted by Crippen LogP contribution is 2.49. The first-order valence-electron chi connectivity index (χ1n) is 6.93. The molecule has 6 heteroatoms. The molecule has 4 nitrogen and oxygen atoms in total. The van der Waals surface area contributed by atoms with E-state index in [0.29, 0.717) is 24.3 Å². The lowest BCUT2D eigenvalue weighted by Crippen LogP contribution is -2.19. The average molecular weight is 282 g/mol. The van der Waals surface area contributed by atoms with Crippen LogP contribution in [-0.2, 0) is 0 Å². The van der Waals surface area contributed by atoms with Gasteiger partial charge in [0.1, 0.15) is 5.69 Å². The summed E-state index contributed by atoms with van der Waals surface area (Å²) in [7, 11) is 0. The van der Waals surface area contributed by atoms with Crippen LogP contribution < -0.4 is 5.32 Å². The molecule has 0 aromatic heterocycles. The van der Waals surface area contributed by atoms with Gasteiger partial charge >= 0.3 is 0 Å². The van der Waals surface area contributed by atoms with E-state index in [9.17, 15) is 18.9 Å². The normalized spacial score (nSPS) is 18.4. The van der Waals surface area contributed by atoms with Crippen LogP contribution in [0.5, 0.6) is 0 Å². The standard InChI is InChI=1S/C14H16F2N2O2/c15-12-5-10(18(19)20)6-13(16)14(12)17-7-11(8-1-2-8)9-3-4-9/h5-6,8-9,11,17H,1-4,7H2. The highest BCUT2D eigenvalue weighted by Gasteiger charge is 2.41. The Morgan fingerprint density at radius 2 is 1.70 bits per heavy atom. The molecule has 2 saturated carbocycles. The average Bonchev–Trinajstić information content (AvgIpc) is 3.26. The van der Waals surface area contributed by atoms with E-state index >= 15 is 0 Å². The number of benzene rings is 1. The highest BCUT2D eigenvalue weighted by molar-refractivity contribution is 5.51. The van der Waals surface area contributed by atoms with Crippen LogP contribution in [0.1, 0.15) is 25.7 Å². The molecule has 1 N–H and O–H groups in total. The van der Waals surface area contributed by atoms with Crippen LogP contribution in [-0.4, -0.2) is 11.5 Å². The molecular weight excluding hydrogens is 266 g/mol. The van der Waals surface area contributed by atoms with Crippen LogP contribution in [0.4, 0.5) is 20.2 Å². The molecule has 0 aliphatic heterocycles. The molecule has 0 spiro atoms. The minimum Gasteiger partial charge on any atom is -0.380 e. The lowest BCUT2D eigenvalue weighted by atomic mass is 9.98. The van der Waals surface area contributed by atoms with E-state index in [-0.39, 0.29) is 5.69 Å². The molecule has 0 unspecified atom stereocenters. The third kappa shape index (κ3) is 2.73. The minimum absolute atomic E-state index is 0.248. The molecule has 2 aliphatic rings. The van der Waals surface area contributed by atoms with Crippen molar-refractivity contribution in [3.63, 3.8) is 0 Å². The molecule has 2 aliphatic carbocycles. The number of nitrogens with zero attached hydrogens (tertiary/aromatic N) is 1. The van der Waals surface area contributed by atoms with E-state index < -0.39 is 22.2 Å². The van der Waals surface area contributed by atoms with Crippen molar-refractivity contribution < 1.29 is 13.7 Å². The van der Waals surface area contributed by atoms with Crippen molar-refractivity contribution >= 4 is 11.4 Å². The second-order valence-electron chi connectivity index (χ2n) is 5.76. The summed E-state index contributed by atoms with van der Waals surface area (Å²) in [6.07, 6.45) is 4.81. The van der Waals surface area contributed by atoms with Crippen molar-refractivity contribution in [1.82, 2.24) is 0 Å². The van der Waals surface area contributed by atoms with Crippen LogP contribution in [0, 0.1) is 39.5 Å². The maximum absolute atomic E-state index is 13.7. The summed E-state index contributed by atoms with van der Waals surface area (Å²) in [5.74, 6) is 0.0337. The SMILES string of the molecule is O=[N+]([O-])c1cc(F)c(NCC(C2CC2)C2CC2)c(F)c1. The van der Waals surface area contributed by atoms with Crippen LogP contribution in [0.2, 0.25) is 0 Å². The van der Waals surface area contributed by atoms with Crippen molar-refractivity contribution in [1.29, 1.82) is 0 Å². The Labute approximate surface area is 115 Å². The molecule has 3 rings (SSSR count). The molecule has 1 aromatic carbocycles. The highest BCUT2D eigenvalue weighted by atomic mass is 19.1. The Kier molecular flexibility index (Phi) is 3.31. The Morgan fingerprint density at radius 3 is 2.10 bits per heavy atom. The third-order valence-electron chi connectivity index (χ3n) is 4.21. The molecule has 108 valence electrons. The van der Waals surface area contributed by atoms with E-state index in [0.717, 1.165) is 12.1 Å². The molecule has 0 heterocycles. The monoisotopic (exact) mass is 282 g/mol. The van der Waals surface area contributed by atoms with Gasteiger partial charge in [0.25, 0.3) is 5.69 Å². The van der Waals surface area contributed by atoms with Gasteiger partial charge in [-0.1, -0.05) is 0 Å². The fourth-order valence-corrected chi connectivity index (χ4v) is 2.82. The first-order valence-corrected chi connectivity index (χ1v) is 6.93. The van der Waals surface area contributed by atoms with Crippen LogP contribution >= 0.6 is 0 Å². The lowest BCUT2D eigenvalue weighted by Gasteiger charge is -2.17. The molecule has 0 saturated heterocycles.